The summed E-state index contributed by atoms with van der Waals surface area (Å²) in [5.41, 5.74) is 0. The van der Waals surface area contributed by atoms with Crippen LogP contribution in [0.3, 0.4) is 0 Å². The Balaban J connectivity index is 1.79. The van der Waals surface area contributed by atoms with Crippen molar-refractivity contribution in [2.75, 3.05) is 13.1 Å². The summed E-state index contributed by atoms with van der Waals surface area (Å²) in [5, 5.41) is 0.474. The first kappa shape index (κ1) is 17.4. The first-order valence-corrected chi connectivity index (χ1v) is 9.54. The molecular formula is C15H15Cl2N3O3S. The number of benzene rings is 1. The second-order valence-corrected chi connectivity index (χ2v) is 8.12. The van der Waals surface area contributed by atoms with E-state index in [1.165, 1.54) is 22.8 Å². The minimum absolute atomic E-state index is 0.0133. The fraction of sp³-hybridized carbons (Fsp3) is 0.333. The highest BCUT2D eigenvalue weighted by molar-refractivity contribution is 7.89. The van der Waals surface area contributed by atoms with E-state index in [-0.39, 0.29) is 22.6 Å². The minimum atomic E-state index is -3.74. The first-order chi connectivity index (χ1) is 11.5. The van der Waals surface area contributed by atoms with Gasteiger partial charge in [0.05, 0.1) is 11.6 Å². The topological polar surface area (TPSA) is 72.4 Å². The Hall–Kier alpha value is -1.41. The lowest BCUT2D eigenvalue weighted by Crippen LogP contribution is -2.44. The zero-order valence-electron chi connectivity index (χ0n) is 12.6. The average molecular weight is 388 g/mol. The highest BCUT2D eigenvalue weighted by Gasteiger charge is 2.32. The summed E-state index contributed by atoms with van der Waals surface area (Å²) in [6, 6.07) is 6.05. The molecule has 0 N–H and O–H groups in total. The van der Waals surface area contributed by atoms with Crippen LogP contribution in [-0.2, 0) is 10.0 Å². The van der Waals surface area contributed by atoms with E-state index in [0.29, 0.717) is 23.9 Å². The quantitative estimate of drug-likeness (QED) is 0.805. The number of piperidine rings is 1. The molecule has 128 valence electrons. The van der Waals surface area contributed by atoms with Crippen LogP contribution in [0.25, 0.3) is 0 Å². The summed E-state index contributed by atoms with van der Waals surface area (Å²) < 4.78 is 32.8. The summed E-state index contributed by atoms with van der Waals surface area (Å²) in [5.74, 6) is 0.426. The van der Waals surface area contributed by atoms with Gasteiger partial charge in [0.15, 0.2) is 0 Å². The summed E-state index contributed by atoms with van der Waals surface area (Å²) in [6.45, 7) is 0.643. The van der Waals surface area contributed by atoms with Crippen LogP contribution in [-0.4, -0.2) is 41.9 Å². The SMILES string of the molecule is O=S(=O)(c1cc(Cl)ccc1Cl)N1CCCC(Oc2ccncn2)C1. The fourth-order valence-corrected chi connectivity index (χ4v) is 4.80. The van der Waals surface area contributed by atoms with E-state index in [0.717, 1.165) is 6.42 Å². The molecule has 2 heterocycles. The number of halogens is 2. The molecule has 0 radical (unpaired) electrons. The molecule has 1 aliphatic rings. The maximum atomic E-state index is 12.9. The molecule has 1 aliphatic heterocycles. The molecule has 1 fully saturated rings. The molecule has 6 nitrogen and oxygen atoms in total. The van der Waals surface area contributed by atoms with Crippen LogP contribution in [0.2, 0.25) is 10.0 Å². The lowest BCUT2D eigenvalue weighted by atomic mass is 10.1. The summed E-state index contributed by atoms with van der Waals surface area (Å²) in [7, 11) is -3.74. The molecule has 2 aromatic rings. The molecule has 1 atom stereocenters. The van der Waals surface area contributed by atoms with Crippen LogP contribution in [0, 0.1) is 0 Å². The molecule has 3 rings (SSSR count). The molecule has 1 aromatic carbocycles. The molecule has 0 aliphatic carbocycles. The predicted molar refractivity (Wildman–Crippen MR) is 90.9 cm³/mol. The Morgan fingerprint density at radius 1 is 1.25 bits per heavy atom. The van der Waals surface area contributed by atoms with E-state index in [9.17, 15) is 8.42 Å². The zero-order chi connectivity index (χ0) is 17.2. The van der Waals surface area contributed by atoms with Gasteiger partial charge in [-0.3, -0.25) is 0 Å². The van der Waals surface area contributed by atoms with Crippen LogP contribution in [0.1, 0.15) is 12.8 Å². The molecule has 24 heavy (non-hydrogen) atoms. The van der Waals surface area contributed by atoms with Gasteiger partial charge in [0.2, 0.25) is 15.9 Å². The highest BCUT2D eigenvalue weighted by atomic mass is 35.5. The van der Waals surface area contributed by atoms with E-state index in [4.69, 9.17) is 27.9 Å². The van der Waals surface area contributed by atoms with Gasteiger partial charge in [0, 0.05) is 23.8 Å². The third-order valence-electron chi connectivity index (χ3n) is 3.69. The number of aromatic nitrogens is 2. The lowest BCUT2D eigenvalue weighted by molar-refractivity contribution is 0.124. The Morgan fingerprint density at radius 2 is 2.08 bits per heavy atom. The number of sulfonamides is 1. The number of rotatable bonds is 4. The lowest BCUT2D eigenvalue weighted by Gasteiger charge is -2.32. The molecule has 1 saturated heterocycles. The standard InChI is InChI=1S/C15H15Cl2N3O3S/c16-11-3-4-13(17)14(8-11)24(21,22)20-7-1-2-12(9-20)23-15-5-6-18-10-19-15/h3-6,8,10,12H,1-2,7,9H2. The van der Waals surface area contributed by atoms with Crippen molar-refractivity contribution in [3.05, 3.63) is 46.8 Å². The molecule has 0 spiro atoms. The normalized spacial score (nSPS) is 19.2. The molecule has 1 unspecified atom stereocenters. The van der Waals surface area contributed by atoms with E-state index >= 15 is 0 Å². The van der Waals surface area contributed by atoms with Crippen molar-refractivity contribution in [2.24, 2.45) is 0 Å². The van der Waals surface area contributed by atoms with Crippen molar-refractivity contribution in [3.63, 3.8) is 0 Å². The monoisotopic (exact) mass is 387 g/mol. The van der Waals surface area contributed by atoms with Crippen molar-refractivity contribution in [1.29, 1.82) is 0 Å². The number of hydrogen-bond donors (Lipinski definition) is 0. The second kappa shape index (κ2) is 7.23. The Kier molecular flexibility index (Phi) is 5.24. The van der Waals surface area contributed by atoms with Crippen LogP contribution in [0.4, 0.5) is 0 Å². The number of hydrogen-bond acceptors (Lipinski definition) is 5. The van der Waals surface area contributed by atoms with E-state index in [1.807, 2.05) is 0 Å². The van der Waals surface area contributed by atoms with Gasteiger partial charge in [-0.1, -0.05) is 23.2 Å². The van der Waals surface area contributed by atoms with Crippen molar-refractivity contribution in [1.82, 2.24) is 14.3 Å². The van der Waals surface area contributed by atoms with E-state index in [2.05, 4.69) is 9.97 Å². The van der Waals surface area contributed by atoms with Gasteiger partial charge in [-0.2, -0.15) is 4.31 Å². The van der Waals surface area contributed by atoms with E-state index in [1.54, 1.807) is 18.3 Å². The van der Waals surface area contributed by atoms with Crippen molar-refractivity contribution in [2.45, 2.75) is 23.8 Å². The van der Waals surface area contributed by atoms with Gasteiger partial charge < -0.3 is 4.74 Å². The maximum absolute atomic E-state index is 12.9. The average Bonchev–Trinajstić information content (AvgIpc) is 2.58. The Bertz CT molecular complexity index is 818. The molecule has 1 aromatic heterocycles. The third kappa shape index (κ3) is 3.80. The van der Waals surface area contributed by atoms with Gasteiger partial charge in [0.25, 0.3) is 0 Å². The molecule has 0 amide bonds. The first-order valence-electron chi connectivity index (χ1n) is 7.35. The van der Waals surface area contributed by atoms with Crippen LogP contribution in [0.15, 0.2) is 41.7 Å². The van der Waals surface area contributed by atoms with Gasteiger partial charge in [-0.05, 0) is 31.0 Å². The molecular weight excluding hydrogens is 373 g/mol. The molecule has 0 bridgehead atoms. The Labute approximate surface area is 150 Å². The van der Waals surface area contributed by atoms with Crippen LogP contribution >= 0.6 is 23.2 Å². The fourth-order valence-electron chi connectivity index (χ4n) is 2.55. The van der Waals surface area contributed by atoms with Crippen molar-refractivity contribution < 1.29 is 13.2 Å². The molecule has 0 saturated carbocycles. The van der Waals surface area contributed by atoms with Crippen LogP contribution in [0.5, 0.6) is 5.88 Å². The van der Waals surface area contributed by atoms with Crippen molar-refractivity contribution in [3.8, 4) is 5.88 Å². The number of nitrogens with zero attached hydrogens (tertiary/aromatic N) is 3. The zero-order valence-corrected chi connectivity index (χ0v) is 14.9. The minimum Gasteiger partial charge on any atom is -0.473 e. The van der Waals surface area contributed by atoms with Gasteiger partial charge in [-0.15, -0.1) is 0 Å². The van der Waals surface area contributed by atoms with Gasteiger partial charge >= 0.3 is 0 Å². The van der Waals surface area contributed by atoms with Crippen LogP contribution < -0.4 is 4.74 Å². The van der Waals surface area contributed by atoms with Gasteiger partial charge in [-0.25, -0.2) is 18.4 Å². The van der Waals surface area contributed by atoms with Gasteiger partial charge in [0.1, 0.15) is 17.3 Å². The third-order valence-corrected chi connectivity index (χ3v) is 6.28. The maximum Gasteiger partial charge on any atom is 0.244 e. The largest absolute Gasteiger partial charge is 0.473 e. The highest BCUT2D eigenvalue weighted by Crippen LogP contribution is 2.29. The second-order valence-electron chi connectivity index (χ2n) is 5.37. The summed E-state index contributed by atoms with van der Waals surface area (Å²) in [4.78, 5) is 7.84. The summed E-state index contributed by atoms with van der Waals surface area (Å²) >= 11 is 12.0. The predicted octanol–water partition coefficient (Wildman–Crippen LogP) is 3.02. The molecule has 9 heteroatoms. The number of ether oxygens (including phenoxy) is 1. The van der Waals surface area contributed by atoms with Crippen molar-refractivity contribution >= 4 is 33.2 Å². The smallest absolute Gasteiger partial charge is 0.244 e. The Morgan fingerprint density at radius 3 is 2.83 bits per heavy atom. The summed E-state index contributed by atoms with van der Waals surface area (Å²) in [6.07, 6.45) is 4.12. The van der Waals surface area contributed by atoms with E-state index < -0.39 is 10.0 Å².